The summed E-state index contributed by atoms with van der Waals surface area (Å²) in [7, 11) is 0. The zero-order chi connectivity index (χ0) is 21.8. The third-order valence-electron chi connectivity index (χ3n) is 4.38. The first-order valence-electron chi connectivity index (χ1n) is 9.32. The summed E-state index contributed by atoms with van der Waals surface area (Å²) < 4.78 is 55.5. The predicted molar refractivity (Wildman–Crippen MR) is 106 cm³/mol. The summed E-state index contributed by atoms with van der Waals surface area (Å²) >= 11 is 0. The molecule has 0 aliphatic heterocycles. The molecule has 0 atom stereocenters. The number of ether oxygens (including phenoxy) is 1. The number of fused-ring (bicyclic) bond motifs is 1. The molecule has 31 heavy (non-hydrogen) atoms. The van der Waals surface area contributed by atoms with Gasteiger partial charge in [0.05, 0.1) is 0 Å². The van der Waals surface area contributed by atoms with E-state index in [-0.39, 0.29) is 30.6 Å². The lowest BCUT2D eigenvalue weighted by Gasteiger charge is -2.11. The average molecular weight is 431 g/mol. The number of aromatic nitrogens is 4. The monoisotopic (exact) mass is 431 g/mol. The van der Waals surface area contributed by atoms with E-state index >= 15 is 0 Å². The van der Waals surface area contributed by atoms with E-state index in [9.17, 15) is 17.6 Å². The first-order valence-corrected chi connectivity index (χ1v) is 9.32. The molecule has 0 unspecified atom stereocenters. The van der Waals surface area contributed by atoms with Gasteiger partial charge in [0.25, 0.3) is 0 Å². The van der Waals surface area contributed by atoms with E-state index in [0.29, 0.717) is 0 Å². The van der Waals surface area contributed by atoms with Gasteiger partial charge >= 0.3 is 12.2 Å². The van der Waals surface area contributed by atoms with Crippen LogP contribution in [0.5, 0.6) is 6.01 Å². The fraction of sp³-hybridized carbons (Fsp3) is 0.190. The number of alkyl halides is 3. The second-order valence-electron chi connectivity index (χ2n) is 6.84. The summed E-state index contributed by atoms with van der Waals surface area (Å²) in [4.78, 5) is 15.3. The number of anilines is 1. The number of H-pyrrole nitrogens is 1. The van der Waals surface area contributed by atoms with Gasteiger partial charge in [0.1, 0.15) is 11.6 Å². The molecule has 0 radical (unpaired) electrons. The van der Waals surface area contributed by atoms with Crippen molar-refractivity contribution in [3.8, 4) is 6.01 Å². The summed E-state index contributed by atoms with van der Waals surface area (Å²) in [6, 6.07) is 11.1. The second kappa shape index (κ2) is 8.58. The van der Waals surface area contributed by atoms with E-state index in [2.05, 4.69) is 25.3 Å². The van der Waals surface area contributed by atoms with Gasteiger partial charge in [-0.3, -0.25) is 0 Å². The summed E-state index contributed by atoms with van der Waals surface area (Å²) in [5.74, 6) is -0.0497. The van der Waals surface area contributed by atoms with Gasteiger partial charge in [-0.25, -0.2) is 4.39 Å². The fourth-order valence-corrected chi connectivity index (χ4v) is 2.95. The number of nitrogens with one attached hydrogen (secondary N) is 2. The second-order valence-corrected chi connectivity index (χ2v) is 6.84. The minimum absolute atomic E-state index is 0.0641. The molecule has 2 aromatic heterocycles. The van der Waals surface area contributed by atoms with E-state index in [1.54, 1.807) is 12.1 Å². The van der Waals surface area contributed by atoms with Gasteiger partial charge in [0, 0.05) is 25.4 Å². The Balaban J connectivity index is 1.56. The van der Waals surface area contributed by atoms with Gasteiger partial charge in [-0.1, -0.05) is 24.3 Å². The van der Waals surface area contributed by atoms with Crippen LogP contribution in [0.1, 0.15) is 17.0 Å². The van der Waals surface area contributed by atoms with Gasteiger partial charge in [0.2, 0.25) is 5.95 Å². The number of nitrogens with zero attached hydrogens (tertiary/aromatic N) is 3. The summed E-state index contributed by atoms with van der Waals surface area (Å²) in [6.45, 7) is -1.26. The zero-order valence-corrected chi connectivity index (χ0v) is 16.1. The number of hydrogen-bond acceptors (Lipinski definition) is 5. The molecule has 2 aromatic carbocycles. The van der Waals surface area contributed by atoms with Crippen molar-refractivity contribution in [1.82, 2.24) is 19.9 Å². The highest BCUT2D eigenvalue weighted by molar-refractivity contribution is 5.82. The molecule has 0 spiro atoms. The molecule has 2 N–H and O–H groups in total. The standard InChI is InChI=1S/C21H17F4N5O/c22-17-5-2-13(3-6-17)9-27-19-28-18(29-20(30-19)31-12-21(23,24)25)8-14-1-4-15-10-26-11-16(15)7-14/h1-7,10-11,26H,8-9,12H2,(H,27,28,29,30). The maximum absolute atomic E-state index is 13.1. The fourth-order valence-electron chi connectivity index (χ4n) is 2.95. The molecule has 0 amide bonds. The van der Waals surface area contributed by atoms with Crippen LogP contribution in [-0.4, -0.2) is 32.7 Å². The van der Waals surface area contributed by atoms with Crippen LogP contribution in [0.15, 0.2) is 54.9 Å². The molecule has 0 bridgehead atoms. The van der Waals surface area contributed by atoms with Crippen LogP contribution in [0.4, 0.5) is 23.5 Å². The summed E-state index contributed by atoms with van der Waals surface area (Å²) in [5.41, 5.74) is 1.63. The Morgan fingerprint density at radius 1 is 0.903 bits per heavy atom. The third-order valence-corrected chi connectivity index (χ3v) is 4.38. The summed E-state index contributed by atoms with van der Waals surface area (Å²) in [6.07, 6.45) is -0.534. The Morgan fingerprint density at radius 3 is 2.42 bits per heavy atom. The first-order chi connectivity index (χ1) is 14.8. The van der Waals surface area contributed by atoms with Crippen LogP contribution >= 0.6 is 0 Å². The summed E-state index contributed by atoms with van der Waals surface area (Å²) in [5, 5.41) is 4.95. The molecule has 160 valence electrons. The average Bonchev–Trinajstić information content (AvgIpc) is 3.19. The predicted octanol–water partition coefficient (Wildman–Crippen LogP) is 4.64. The Kier molecular flexibility index (Phi) is 5.70. The van der Waals surface area contributed by atoms with Crippen LogP contribution in [0, 0.1) is 5.82 Å². The molecule has 6 nitrogen and oxygen atoms in total. The number of halogens is 4. The lowest BCUT2D eigenvalue weighted by atomic mass is 10.1. The van der Waals surface area contributed by atoms with Crippen molar-refractivity contribution < 1.29 is 22.3 Å². The Morgan fingerprint density at radius 2 is 1.65 bits per heavy atom. The molecular weight excluding hydrogens is 414 g/mol. The van der Waals surface area contributed by atoms with Crippen LogP contribution in [0.3, 0.4) is 0 Å². The van der Waals surface area contributed by atoms with Crippen LogP contribution in [0.2, 0.25) is 0 Å². The Bertz CT molecular complexity index is 1170. The maximum atomic E-state index is 13.1. The largest absolute Gasteiger partial charge is 0.454 e. The molecule has 10 heteroatoms. The van der Waals surface area contributed by atoms with E-state index in [1.165, 1.54) is 12.1 Å². The topological polar surface area (TPSA) is 75.7 Å². The van der Waals surface area contributed by atoms with E-state index in [1.807, 2.05) is 30.6 Å². The molecule has 4 rings (SSSR count). The first kappa shape index (κ1) is 20.6. The van der Waals surface area contributed by atoms with E-state index in [0.717, 1.165) is 21.9 Å². The quantitative estimate of drug-likeness (QED) is 0.417. The zero-order valence-electron chi connectivity index (χ0n) is 16.1. The van der Waals surface area contributed by atoms with Crippen molar-refractivity contribution >= 4 is 16.7 Å². The van der Waals surface area contributed by atoms with E-state index < -0.39 is 18.8 Å². The minimum Gasteiger partial charge on any atom is -0.454 e. The van der Waals surface area contributed by atoms with Crippen molar-refractivity contribution in [2.75, 3.05) is 11.9 Å². The van der Waals surface area contributed by atoms with Gasteiger partial charge in [-0.15, -0.1) is 0 Å². The van der Waals surface area contributed by atoms with Gasteiger partial charge in [-0.05, 0) is 40.1 Å². The maximum Gasteiger partial charge on any atom is 0.422 e. The molecule has 0 saturated heterocycles. The van der Waals surface area contributed by atoms with Crippen molar-refractivity contribution in [3.63, 3.8) is 0 Å². The van der Waals surface area contributed by atoms with Gasteiger partial charge in [-0.2, -0.15) is 28.1 Å². The lowest BCUT2D eigenvalue weighted by Crippen LogP contribution is -2.21. The van der Waals surface area contributed by atoms with Gasteiger partial charge in [0.15, 0.2) is 6.61 Å². The van der Waals surface area contributed by atoms with Crippen molar-refractivity contribution in [2.24, 2.45) is 0 Å². The molecule has 0 aliphatic carbocycles. The molecular formula is C21H17F4N5O. The molecule has 0 saturated carbocycles. The Hall–Kier alpha value is -3.69. The van der Waals surface area contributed by atoms with Crippen LogP contribution in [-0.2, 0) is 13.0 Å². The minimum atomic E-state index is -4.52. The smallest absolute Gasteiger partial charge is 0.422 e. The van der Waals surface area contributed by atoms with Crippen LogP contribution < -0.4 is 10.1 Å². The normalized spacial score (nSPS) is 11.6. The number of hydrogen-bond donors (Lipinski definition) is 2. The van der Waals surface area contributed by atoms with Crippen molar-refractivity contribution in [2.45, 2.75) is 19.1 Å². The molecule has 0 aliphatic rings. The molecule has 0 fully saturated rings. The third kappa shape index (κ3) is 5.68. The van der Waals surface area contributed by atoms with Crippen molar-refractivity contribution in [3.05, 3.63) is 77.6 Å². The Labute approximate surface area is 174 Å². The highest BCUT2D eigenvalue weighted by atomic mass is 19.4. The number of rotatable bonds is 7. The van der Waals surface area contributed by atoms with Gasteiger partial charge < -0.3 is 15.0 Å². The molecule has 2 heterocycles. The van der Waals surface area contributed by atoms with Crippen LogP contribution in [0.25, 0.3) is 10.8 Å². The highest BCUT2D eigenvalue weighted by Gasteiger charge is 2.29. The lowest BCUT2D eigenvalue weighted by molar-refractivity contribution is -0.154. The SMILES string of the molecule is Fc1ccc(CNc2nc(Cc3ccc4c[nH]cc4c3)nc(OCC(F)(F)F)n2)cc1. The molecule has 4 aromatic rings. The van der Waals surface area contributed by atoms with Crippen molar-refractivity contribution in [1.29, 1.82) is 0 Å². The number of aromatic amines is 1. The van der Waals surface area contributed by atoms with E-state index in [4.69, 9.17) is 4.74 Å². The number of benzene rings is 2. The highest BCUT2D eigenvalue weighted by Crippen LogP contribution is 2.20.